The van der Waals surface area contributed by atoms with Crippen molar-refractivity contribution in [3.05, 3.63) is 48.1 Å². The molecule has 1 aromatic carbocycles. The largest absolute Gasteiger partial charge is 0.491 e. The number of hydrogen-bond donors (Lipinski definition) is 2. The van der Waals surface area contributed by atoms with E-state index in [0.29, 0.717) is 5.75 Å². The van der Waals surface area contributed by atoms with E-state index in [4.69, 9.17) is 9.26 Å². The molecule has 1 atom stereocenters. The van der Waals surface area contributed by atoms with Crippen LogP contribution in [0.15, 0.2) is 46.1 Å². The number of rotatable bonds is 8. The van der Waals surface area contributed by atoms with Gasteiger partial charge in [-0.15, -0.1) is 0 Å². The minimum atomic E-state index is -0.748. The molecule has 1 aromatic heterocycles. The predicted molar refractivity (Wildman–Crippen MR) is 107 cm³/mol. The lowest BCUT2D eigenvalue weighted by atomic mass is 10.3. The molecule has 29 heavy (non-hydrogen) atoms. The minimum absolute atomic E-state index is 0.0972. The Morgan fingerprint density at radius 2 is 2.03 bits per heavy atom. The summed E-state index contributed by atoms with van der Waals surface area (Å²) in [5.41, 5.74) is 0.934. The summed E-state index contributed by atoms with van der Waals surface area (Å²) in [6, 6.07) is 7.60. The van der Waals surface area contributed by atoms with E-state index in [1.807, 2.05) is 13.0 Å². The van der Waals surface area contributed by atoms with Crippen LogP contribution < -0.4 is 10.1 Å². The van der Waals surface area contributed by atoms with E-state index in [-0.39, 0.29) is 19.0 Å². The molecule has 2 heterocycles. The summed E-state index contributed by atoms with van der Waals surface area (Å²) in [5.74, 6) is 0.984. The lowest BCUT2D eigenvalue weighted by Gasteiger charge is -2.36. The van der Waals surface area contributed by atoms with Gasteiger partial charge < -0.3 is 24.6 Å². The Labute approximate surface area is 170 Å². The first-order valence-corrected chi connectivity index (χ1v) is 9.85. The first-order chi connectivity index (χ1) is 14.1. The molecular weight excluding hydrogens is 377 g/mol. The number of aliphatic imine (C=N–C) groups is 1. The Morgan fingerprint density at radius 3 is 2.69 bits per heavy atom. The molecule has 1 fully saturated rings. The third-order valence-corrected chi connectivity index (χ3v) is 4.59. The van der Waals surface area contributed by atoms with Crippen molar-refractivity contribution in [1.29, 1.82) is 0 Å². The van der Waals surface area contributed by atoms with E-state index in [1.165, 1.54) is 24.3 Å². The number of aliphatic hydroxyl groups is 1. The molecule has 0 amide bonds. The molecule has 0 spiro atoms. The number of aromatic nitrogens is 1. The Bertz CT molecular complexity index is 746. The van der Waals surface area contributed by atoms with Crippen molar-refractivity contribution in [2.75, 3.05) is 45.9 Å². The van der Waals surface area contributed by atoms with Crippen molar-refractivity contribution < 1.29 is 18.8 Å². The molecule has 2 N–H and O–H groups in total. The van der Waals surface area contributed by atoms with E-state index < -0.39 is 6.10 Å². The summed E-state index contributed by atoms with van der Waals surface area (Å²) < 4.78 is 23.3. The van der Waals surface area contributed by atoms with Crippen LogP contribution >= 0.6 is 0 Å². The molecule has 8 nitrogen and oxygen atoms in total. The second-order valence-electron chi connectivity index (χ2n) is 6.87. The van der Waals surface area contributed by atoms with Gasteiger partial charge in [0.15, 0.2) is 5.96 Å². The third kappa shape index (κ3) is 6.72. The van der Waals surface area contributed by atoms with E-state index in [2.05, 4.69) is 25.3 Å². The normalized spacial score (nSPS) is 16.7. The summed E-state index contributed by atoms with van der Waals surface area (Å²) in [7, 11) is 0. The number of ether oxygens (including phenoxy) is 1. The van der Waals surface area contributed by atoms with Crippen LogP contribution in [0.4, 0.5) is 4.39 Å². The number of guanidine groups is 1. The summed E-state index contributed by atoms with van der Waals surface area (Å²) in [4.78, 5) is 9.07. The first kappa shape index (κ1) is 21.1. The number of nitrogens with one attached hydrogen (secondary N) is 1. The molecule has 0 saturated carbocycles. The van der Waals surface area contributed by atoms with Gasteiger partial charge in [-0.2, -0.15) is 0 Å². The molecule has 1 aliphatic rings. The monoisotopic (exact) mass is 405 g/mol. The van der Waals surface area contributed by atoms with Crippen LogP contribution in [-0.2, 0) is 6.54 Å². The highest BCUT2D eigenvalue weighted by molar-refractivity contribution is 5.80. The van der Waals surface area contributed by atoms with Gasteiger partial charge in [0.25, 0.3) is 0 Å². The summed E-state index contributed by atoms with van der Waals surface area (Å²) in [6.07, 6.45) is 0.842. The van der Waals surface area contributed by atoms with E-state index in [0.717, 1.165) is 50.9 Å². The summed E-state index contributed by atoms with van der Waals surface area (Å²) in [5, 5.41) is 17.4. The first-order valence-electron chi connectivity index (χ1n) is 9.85. The van der Waals surface area contributed by atoms with E-state index in [1.54, 1.807) is 6.26 Å². The van der Waals surface area contributed by atoms with Gasteiger partial charge in [-0.1, -0.05) is 5.16 Å². The number of piperazine rings is 1. The molecule has 3 rings (SSSR count). The van der Waals surface area contributed by atoms with Gasteiger partial charge in [0.05, 0.1) is 12.2 Å². The standard InChI is InChI=1S/C20H28FN5O3/c1-2-22-20(23-13-18(27)15-28-19-5-3-16(21)4-6-19)26-10-8-25(9-11-26)14-17-7-12-29-24-17/h3-7,12,18,27H,2,8-11,13-15H2,1H3,(H,22,23). The van der Waals surface area contributed by atoms with E-state index in [9.17, 15) is 9.50 Å². The fourth-order valence-corrected chi connectivity index (χ4v) is 3.06. The maximum Gasteiger partial charge on any atom is 0.194 e. The minimum Gasteiger partial charge on any atom is -0.491 e. The van der Waals surface area contributed by atoms with Crippen molar-refractivity contribution in [2.24, 2.45) is 4.99 Å². The topological polar surface area (TPSA) is 86.4 Å². The number of hydrogen-bond acceptors (Lipinski definition) is 6. The molecule has 0 radical (unpaired) electrons. The molecule has 158 valence electrons. The zero-order valence-corrected chi connectivity index (χ0v) is 16.6. The van der Waals surface area contributed by atoms with Crippen molar-refractivity contribution in [3.8, 4) is 5.75 Å². The molecule has 2 aromatic rings. The molecule has 9 heteroatoms. The van der Waals surface area contributed by atoms with Crippen LogP contribution in [0, 0.1) is 5.82 Å². The van der Waals surface area contributed by atoms with E-state index >= 15 is 0 Å². The smallest absolute Gasteiger partial charge is 0.194 e. The van der Waals surface area contributed by atoms with Gasteiger partial charge in [-0.3, -0.25) is 9.89 Å². The van der Waals surface area contributed by atoms with Gasteiger partial charge in [0.1, 0.15) is 30.5 Å². The fraction of sp³-hybridized carbons (Fsp3) is 0.500. The highest BCUT2D eigenvalue weighted by atomic mass is 19.1. The predicted octanol–water partition coefficient (Wildman–Crippen LogP) is 1.34. The summed E-state index contributed by atoms with van der Waals surface area (Å²) in [6.45, 7) is 7.34. The number of benzene rings is 1. The number of halogens is 1. The SMILES string of the molecule is CCNC(=NCC(O)COc1ccc(F)cc1)N1CCN(Cc2ccon2)CC1. The molecule has 1 saturated heterocycles. The maximum absolute atomic E-state index is 12.9. The molecule has 0 aliphatic carbocycles. The van der Waals surface area contributed by atoms with Gasteiger partial charge in [0.2, 0.25) is 0 Å². The van der Waals surface area contributed by atoms with Crippen LogP contribution in [0.25, 0.3) is 0 Å². The van der Waals surface area contributed by atoms with Crippen LogP contribution in [0.2, 0.25) is 0 Å². The Hall–Kier alpha value is -2.65. The molecule has 0 bridgehead atoms. The Morgan fingerprint density at radius 1 is 1.28 bits per heavy atom. The lowest BCUT2D eigenvalue weighted by Crippen LogP contribution is -2.52. The number of aliphatic hydroxyl groups excluding tert-OH is 1. The van der Waals surface area contributed by atoms with Gasteiger partial charge in [-0.05, 0) is 31.2 Å². The van der Waals surface area contributed by atoms with Gasteiger partial charge in [-0.25, -0.2) is 4.39 Å². The van der Waals surface area contributed by atoms with Crippen LogP contribution in [0.5, 0.6) is 5.75 Å². The third-order valence-electron chi connectivity index (χ3n) is 4.59. The van der Waals surface area contributed by atoms with Crippen molar-refractivity contribution >= 4 is 5.96 Å². The van der Waals surface area contributed by atoms with Crippen LogP contribution in [0.1, 0.15) is 12.6 Å². The van der Waals surface area contributed by atoms with Crippen molar-refractivity contribution in [1.82, 2.24) is 20.3 Å². The maximum atomic E-state index is 12.9. The lowest BCUT2D eigenvalue weighted by molar-refractivity contribution is 0.113. The quantitative estimate of drug-likeness (QED) is 0.506. The Balaban J connectivity index is 1.45. The average molecular weight is 405 g/mol. The van der Waals surface area contributed by atoms with Crippen molar-refractivity contribution in [2.45, 2.75) is 19.6 Å². The Kier molecular flexibility index (Phi) is 7.83. The van der Waals surface area contributed by atoms with Gasteiger partial charge in [0, 0.05) is 45.3 Å². The fourth-order valence-electron chi connectivity index (χ4n) is 3.06. The van der Waals surface area contributed by atoms with Crippen LogP contribution in [-0.4, -0.2) is 78.0 Å². The number of nitrogens with zero attached hydrogens (tertiary/aromatic N) is 4. The molecular formula is C20H28FN5O3. The summed E-state index contributed by atoms with van der Waals surface area (Å²) >= 11 is 0. The molecule has 1 aliphatic heterocycles. The second-order valence-corrected chi connectivity index (χ2v) is 6.87. The average Bonchev–Trinajstić information content (AvgIpc) is 3.24. The highest BCUT2D eigenvalue weighted by Gasteiger charge is 2.20. The van der Waals surface area contributed by atoms with Crippen LogP contribution in [0.3, 0.4) is 0 Å². The van der Waals surface area contributed by atoms with Gasteiger partial charge >= 0.3 is 0 Å². The van der Waals surface area contributed by atoms with Crippen molar-refractivity contribution in [3.63, 3.8) is 0 Å². The zero-order valence-electron chi connectivity index (χ0n) is 16.6. The zero-order chi connectivity index (χ0) is 20.5. The second kappa shape index (κ2) is 10.8. The molecule has 1 unspecified atom stereocenters. The highest BCUT2D eigenvalue weighted by Crippen LogP contribution is 2.11.